The number of nitrogen functional groups attached to an aromatic ring is 2. The molecule has 4 nitrogen and oxygen atoms in total. The molecule has 0 aliphatic heterocycles. The van der Waals surface area contributed by atoms with Crippen LogP contribution in [-0.4, -0.2) is 21.5 Å². The number of rotatable bonds is 5. The molecule has 0 aromatic carbocycles. The van der Waals surface area contributed by atoms with Crippen LogP contribution in [0.4, 0.5) is 11.6 Å². The number of thioether (sulfide) groups is 2. The Labute approximate surface area is 115 Å². The molecule has 0 saturated heterocycles. The molecule has 0 saturated carbocycles. The van der Waals surface area contributed by atoms with Crippen LogP contribution in [-0.2, 0) is 0 Å². The molecule has 0 bridgehead atoms. The zero-order valence-electron chi connectivity index (χ0n) is 9.74. The second-order valence-corrected chi connectivity index (χ2v) is 5.87. The third-order valence-electron chi connectivity index (χ3n) is 2.14. The van der Waals surface area contributed by atoms with Gasteiger partial charge in [0.25, 0.3) is 0 Å². The molecule has 0 unspecified atom stereocenters. The highest BCUT2D eigenvalue weighted by molar-refractivity contribution is 8.03. The molecule has 2 heterocycles. The van der Waals surface area contributed by atoms with E-state index in [2.05, 4.69) is 9.97 Å². The fraction of sp³-hybridized carbons (Fsp3) is 0.167. The number of nitrogens with zero attached hydrogens (tertiary/aromatic N) is 2. The van der Waals surface area contributed by atoms with Gasteiger partial charge in [-0.25, -0.2) is 9.97 Å². The minimum Gasteiger partial charge on any atom is -0.384 e. The van der Waals surface area contributed by atoms with Gasteiger partial charge in [-0.2, -0.15) is 0 Å². The average molecular weight is 278 g/mol. The molecule has 0 aliphatic rings. The molecule has 2 rings (SSSR count). The summed E-state index contributed by atoms with van der Waals surface area (Å²) >= 11 is 3.54. The van der Waals surface area contributed by atoms with Gasteiger partial charge in [0.1, 0.15) is 11.6 Å². The van der Waals surface area contributed by atoms with Crippen LogP contribution in [0.5, 0.6) is 0 Å². The van der Waals surface area contributed by atoms with E-state index in [9.17, 15) is 0 Å². The van der Waals surface area contributed by atoms with Gasteiger partial charge in [-0.3, -0.25) is 0 Å². The minimum atomic E-state index is 0.557. The third-order valence-corrected chi connectivity index (χ3v) is 4.36. The highest BCUT2D eigenvalue weighted by Gasteiger charge is 1.97. The fourth-order valence-corrected chi connectivity index (χ4v) is 2.99. The molecule has 0 fully saturated rings. The van der Waals surface area contributed by atoms with E-state index in [0.29, 0.717) is 11.6 Å². The van der Waals surface area contributed by atoms with Gasteiger partial charge in [-0.15, -0.1) is 23.5 Å². The van der Waals surface area contributed by atoms with Crippen molar-refractivity contribution in [3.63, 3.8) is 0 Å². The summed E-state index contributed by atoms with van der Waals surface area (Å²) in [6.07, 6.45) is 3.60. The van der Waals surface area contributed by atoms with E-state index in [0.717, 1.165) is 21.3 Å². The van der Waals surface area contributed by atoms with Crippen molar-refractivity contribution in [2.24, 2.45) is 0 Å². The first-order valence-corrected chi connectivity index (χ1v) is 7.40. The summed E-state index contributed by atoms with van der Waals surface area (Å²) in [7, 11) is 0. The van der Waals surface area contributed by atoms with Crippen molar-refractivity contribution < 1.29 is 0 Å². The first-order valence-electron chi connectivity index (χ1n) is 5.43. The summed E-state index contributed by atoms with van der Waals surface area (Å²) in [5.41, 5.74) is 11.1. The molecule has 0 radical (unpaired) electrons. The van der Waals surface area contributed by atoms with Gasteiger partial charge in [0.05, 0.1) is 0 Å². The second kappa shape index (κ2) is 6.51. The smallest absolute Gasteiger partial charge is 0.123 e. The Hall–Kier alpha value is -1.40. The van der Waals surface area contributed by atoms with Crippen LogP contribution in [0.1, 0.15) is 0 Å². The molecule has 0 aliphatic carbocycles. The summed E-state index contributed by atoms with van der Waals surface area (Å²) in [4.78, 5) is 10.4. The van der Waals surface area contributed by atoms with E-state index in [1.165, 1.54) is 0 Å². The van der Waals surface area contributed by atoms with Gasteiger partial charge >= 0.3 is 0 Å². The van der Waals surface area contributed by atoms with Gasteiger partial charge in [-0.1, -0.05) is 0 Å². The highest BCUT2D eigenvalue weighted by atomic mass is 32.2. The topological polar surface area (TPSA) is 77.8 Å². The van der Waals surface area contributed by atoms with Gasteiger partial charge in [0.15, 0.2) is 0 Å². The monoisotopic (exact) mass is 278 g/mol. The summed E-state index contributed by atoms with van der Waals surface area (Å²) in [6, 6.07) is 7.61. The SMILES string of the molecule is Nc1ccc(SCCSc2ccc(N)nc2)cn1. The number of hydrogen-bond donors (Lipinski definition) is 2. The van der Waals surface area contributed by atoms with Crippen LogP contribution in [0.25, 0.3) is 0 Å². The lowest BCUT2D eigenvalue weighted by atomic mass is 10.5. The lowest BCUT2D eigenvalue weighted by molar-refractivity contribution is 1.24. The van der Waals surface area contributed by atoms with Gasteiger partial charge in [-0.05, 0) is 24.3 Å². The zero-order valence-corrected chi connectivity index (χ0v) is 11.4. The molecule has 6 heteroatoms. The molecule has 0 amide bonds. The predicted molar refractivity (Wildman–Crippen MR) is 78.7 cm³/mol. The van der Waals surface area contributed by atoms with Crippen molar-refractivity contribution in [1.29, 1.82) is 0 Å². The lowest BCUT2D eigenvalue weighted by Gasteiger charge is -2.02. The Kier molecular flexibility index (Phi) is 4.72. The van der Waals surface area contributed by atoms with Gasteiger partial charge in [0.2, 0.25) is 0 Å². The van der Waals surface area contributed by atoms with Crippen molar-refractivity contribution in [2.45, 2.75) is 9.79 Å². The Morgan fingerprint density at radius 1 is 0.778 bits per heavy atom. The quantitative estimate of drug-likeness (QED) is 0.646. The summed E-state index contributed by atoms with van der Waals surface area (Å²) in [5.74, 6) is 3.14. The third kappa shape index (κ3) is 4.12. The first-order chi connectivity index (χ1) is 8.74. The number of hydrogen-bond acceptors (Lipinski definition) is 6. The van der Waals surface area contributed by atoms with Gasteiger partial charge < -0.3 is 11.5 Å². The predicted octanol–water partition coefficient (Wildman–Crippen LogP) is 2.53. The van der Waals surface area contributed by atoms with Crippen LogP contribution < -0.4 is 11.5 Å². The number of nitrogens with two attached hydrogens (primary N) is 2. The van der Waals surface area contributed by atoms with Crippen LogP contribution >= 0.6 is 23.5 Å². The van der Waals surface area contributed by atoms with E-state index < -0.39 is 0 Å². The van der Waals surface area contributed by atoms with Gasteiger partial charge in [0, 0.05) is 33.7 Å². The molecular formula is C12H14N4S2. The van der Waals surface area contributed by atoms with Crippen LogP contribution in [0.3, 0.4) is 0 Å². The zero-order chi connectivity index (χ0) is 12.8. The Bertz CT molecular complexity index is 437. The van der Waals surface area contributed by atoms with E-state index in [1.54, 1.807) is 35.9 Å². The standard InChI is InChI=1S/C12H14N4S2/c13-11-3-1-9(7-15-11)17-5-6-18-10-2-4-12(14)16-8-10/h1-4,7-8H,5-6H2,(H2,13,15)(H2,14,16). The van der Waals surface area contributed by atoms with E-state index in [1.807, 2.05) is 24.3 Å². The molecule has 94 valence electrons. The molecule has 2 aromatic rings. The second-order valence-electron chi connectivity index (χ2n) is 3.53. The van der Waals surface area contributed by atoms with Crippen molar-refractivity contribution in [2.75, 3.05) is 23.0 Å². The minimum absolute atomic E-state index is 0.557. The largest absolute Gasteiger partial charge is 0.384 e. The Balaban J connectivity index is 1.73. The van der Waals surface area contributed by atoms with Crippen molar-refractivity contribution >= 4 is 35.2 Å². The number of pyridine rings is 2. The lowest BCUT2D eigenvalue weighted by Crippen LogP contribution is -1.90. The Morgan fingerprint density at radius 3 is 1.56 bits per heavy atom. The van der Waals surface area contributed by atoms with E-state index in [-0.39, 0.29) is 0 Å². The maximum Gasteiger partial charge on any atom is 0.123 e. The molecule has 0 atom stereocenters. The highest BCUT2D eigenvalue weighted by Crippen LogP contribution is 2.22. The number of aromatic nitrogens is 2. The summed E-state index contributed by atoms with van der Waals surface area (Å²) in [5, 5.41) is 0. The van der Waals surface area contributed by atoms with Crippen LogP contribution in [0.15, 0.2) is 46.5 Å². The Morgan fingerprint density at radius 2 is 1.22 bits per heavy atom. The van der Waals surface area contributed by atoms with Crippen LogP contribution in [0.2, 0.25) is 0 Å². The van der Waals surface area contributed by atoms with Crippen molar-refractivity contribution in [1.82, 2.24) is 9.97 Å². The maximum absolute atomic E-state index is 5.53. The first kappa shape index (κ1) is 13.0. The summed E-state index contributed by atoms with van der Waals surface area (Å²) in [6.45, 7) is 0. The normalized spacial score (nSPS) is 10.4. The maximum atomic E-state index is 5.53. The van der Waals surface area contributed by atoms with Crippen molar-refractivity contribution in [3.8, 4) is 0 Å². The molecule has 0 spiro atoms. The molecule has 2 aromatic heterocycles. The van der Waals surface area contributed by atoms with Crippen molar-refractivity contribution in [3.05, 3.63) is 36.7 Å². The fourth-order valence-electron chi connectivity index (χ4n) is 1.27. The van der Waals surface area contributed by atoms with E-state index >= 15 is 0 Å². The molecule has 18 heavy (non-hydrogen) atoms. The molecular weight excluding hydrogens is 264 g/mol. The average Bonchev–Trinajstić information content (AvgIpc) is 2.39. The molecule has 4 N–H and O–H groups in total. The summed E-state index contributed by atoms with van der Waals surface area (Å²) < 4.78 is 0. The van der Waals surface area contributed by atoms with Crippen LogP contribution in [0, 0.1) is 0 Å². The number of anilines is 2. The van der Waals surface area contributed by atoms with E-state index in [4.69, 9.17) is 11.5 Å².